The predicted octanol–water partition coefficient (Wildman–Crippen LogP) is 3.31. The molecule has 3 rings (SSSR count). The molecule has 0 aliphatic rings. The van der Waals surface area contributed by atoms with Gasteiger partial charge in [0.1, 0.15) is 11.6 Å². The van der Waals surface area contributed by atoms with Crippen LogP contribution >= 0.6 is 0 Å². The van der Waals surface area contributed by atoms with Gasteiger partial charge in [-0.2, -0.15) is 0 Å². The number of nitrogens with one attached hydrogen (secondary N) is 1. The second-order valence-electron chi connectivity index (χ2n) is 4.89. The van der Waals surface area contributed by atoms with Gasteiger partial charge in [-0.1, -0.05) is 30.3 Å². The van der Waals surface area contributed by atoms with E-state index in [4.69, 9.17) is 5.73 Å². The summed E-state index contributed by atoms with van der Waals surface area (Å²) in [6, 6.07) is 16.4. The minimum Gasteiger partial charge on any atom is -0.341 e. The van der Waals surface area contributed by atoms with Crippen molar-refractivity contribution in [3.05, 3.63) is 78.0 Å². The molecule has 4 heteroatoms. The van der Waals surface area contributed by atoms with Crippen molar-refractivity contribution in [2.24, 2.45) is 5.73 Å². The summed E-state index contributed by atoms with van der Waals surface area (Å²) in [5.74, 6) is 0.603. The van der Waals surface area contributed by atoms with Crippen molar-refractivity contribution in [2.45, 2.75) is 5.92 Å². The molecule has 0 bridgehead atoms. The van der Waals surface area contributed by atoms with Gasteiger partial charge in [-0.05, 0) is 35.4 Å². The number of aromatic amines is 1. The van der Waals surface area contributed by atoms with Crippen LogP contribution in [0, 0.1) is 5.82 Å². The lowest BCUT2D eigenvalue weighted by molar-refractivity contribution is 0.628. The minimum absolute atomic E-state index is 0.0281. The highest BCUT2D eigenvalue weighted by Gasteiger charge is 2.16. The Labute approximate surface area is 122 Å². The summed E-state index contributed by atoms with van der Waals surface area (Å²) in [6.45, 7) is 0.473. The predicted molar refractivity (Wildman–Crippen MR) is 81.3 cm³/mol. The number of benzene rings is 2. The molecule has 0 aliphatic carbocycles. The van der Waals surface area contributed by atoms with Crippen molar-refractivity contribution in [1.82, 2.24) is 9.97 Å². The molecular weight excluding hydrogens is 265 g/mol. The topological polar surface area (TPSA) is 54.7 Å². The maximum atomic E-state index is 13.0. The molecule has 106 valence electrons. The Morgan fingerprint density at radius 2 is 1.76 bits per heavy atom. The van der Waals surface area contributed by atoms with Gasteiger partial charge in [-0.25, -0.2) is 9.37 Å². The summed E-state index contributed by atoms with van der Waals surface area (Å²) in [4.78, 5) is 7.72. The van der Waals surface area contributed by atoms with Crippen LogP contribution in [0.25, 0.3) is 11.3 Å². The van der Waals surface area contributed by atoms with Crippen LogP contribution in [0.15, 0.2) is 60.8 Å². The fourth-order valence-electron chi connectivity index (χ4n) is 2.38. The van der Waals surface area contributed by atoms with E-state index >= 15 is 0 Å². The number of halogens is 1. The smallest absolute Gasteiger partial charge is 0.123 e. The Bertz CT molecular complexity index is 704. The Kier molecular flexibility index (Phi) is 3.79. The molecule has 0 fully saturated rings. The average molecular weight is 281 g/mol. The lowest BCUT2D eigenvalue weighted by Crippen LogP contribution is -2.15. The van der Waals surface area contributed by atoms with E-state index in [9.17, 15) is 4.39 Å². The zero-order chi connectivity index (χ0) is 14.7. The molecule has 0 saturated carbocycles. The number of hydrogen-bond acceptors (Lipinski definition) is 2. The molecule has 0 amide bonds. The van der Waals surface area contributed by atoms with Crippen molar-refractivity contribution in [3.8, 4) is 11.3 Å². The Hall–Kier alpha value is -2.46. The first-order valence-electron chi connectivity index (χ1n) is 6.84. The monoisotopic (exact) mass is 281 g/mol. The third-order valence-electron chi connectivity index (χ3n) is 3.52. The summed E-state index contributed by atoms with van der Waals surface area (Å²) in [7, 11) is 0. The molecule has 1 unspecified atom stereocenters. The molecular formula is C17H16FN3. The normalized spacial score (nSPS) is 12.3. The number of rotatable bonds is 4. The van der Waals surface area contributed by atoms with Crippen LogP contribution in [0.4, 0.5) is 4.39 Å². The minimum atomic E-state index is -0.248. The molecule has 1 atom stereocenters. The summed E-state index contributed by atoms with van der Waals surface area (Å²) < 4.78 is 13.0. The highest BCUT2D eigenvalue weighted by molar-refractivity contribution is 5.58. The fraction of sp³-hybridized carbons (Fsp3) is 0.118. The van der Waals surface area contributed by atoms with Gasteiger partial charge in [0.2, 0.25) is 0 Å². The van der Waals surface area contributed by atoms with Crippen molar-refractivity contribution < 1.29 is 4.39 Å². The van der Waals surface area contributed by atoms with E-state index in [1.54, 1.807) is 18.3 Å². The van der Waals surface area contributed by atoms with Gasteiger partial charge in [0.15, 0.2) is 0 Å². The average Bonchev–Trinajstić information content (AvgIpc) is 2.99. The molecule has 3 nitrogen and oxygen atoms in total. The number of H-pyrrole nitrogens is 1. The molecule has 1 heterocycles. The van der Waals surface area contributed by atoms with Gasteiger partial charge >= 0.3 is 0 Å². The van der Waals surface area contributed by atoms with Crippen LogP contribution < -0.4 is 5.73 Å². The quantitative estimate of drug-likeness (QED) is 0.771. The summed E-state index contributed by atoms with van der Waals surface area (Å²) >= 11 is 0. The van der Waals surface area contributed by atoms with Gasteiger partial charge in [0, 0.05) is 6.54 Å². The molecule has 3 aromatic rings. The standard InChI is InChI=1S/C17H16FN3/c18-14-8-6-13(7-9-14)16-11-20-17(21-16)15(10-19)12-4-2-1-3-5-12/h1-9,11,15H,10,19H2,(H,20,21). The van der Waals surface area contributed by atoms with Crippen LogP contribution in [-0.4, -0.2) is 16.5 Å². The van der Waals surface area contributed by atoms with Crippen LogP contribution in [0.1, 0.15) is 17.3 Å². The zero-order valence-electron chi connectivity index (χ0n) is 11.5. The SMILES string of the molecule is NCC(c1ccccc1)c1ncc(-c2ccc(F)cc2)[nH]1. The van der Waals surface area contributed by atoms with Crippen LogP contribution in [-0.2, 0) is 0 Å². The van der Waals surface area contributed by atoms with Crippen molar-refractivity contribution in [2.75, 3.05) is 6.54 Å². The zero-order valence-corrected chi connectivity index (χ0v) is 11.5. The third-order valence-corrected chi connectivity index (χ3v) is 3.52. The molecule has 0 aliphatic heterocycles. The van der Waals surface area contributed by atoms with Crippen LogP contribution in [0.3, 0.4) is 0 Å². The van der Waals surface area contributed by atoms with Gasteiger partial charge in [-0.3, -0.25) is 0 Å². The molecule has 3 N–H and O–H groups in total. The summed E-state index contributed by atoms with van der Waals surface area (Å²) in [5.41, 5.74) is 8.78. The van der Waals surface area contributed by atoms with Gasteiger partial charge in [0.25, 0.3) is 0 Å². The maximum Gasteiger partial charge on any atom is 0.123 e. The molecule has 0 spiro atoms. The van der Waals surface area contributed by atoms with Crippen molar-refractivity contribution in [3.63, 3.8) is 0 Å². The van der Waals surface area contributed by atoms with E-state index in [1.165, 1.54) is 12.1 Å². The van der Waals surface area contributed by atoms with E-state index in [0.717, 1.165) is 22.6 Å². The summed E-state index contributed by atoms with van der Waals surface area (Å²) in [5, 5.41) is 0. The van der Waals surface area contributed by atoms with Crippen molar-refractivity contribution in [1.29, 1.82) is 0 Å². The lowest BCUT2D eigenvalue weighted by atomic mass is 9.99. The summed E-state index contributed by atoms with van der Waals surface area (Å²) in [6.07, 6.45) is 1.76. The first kappa shape index (κ1) is 13.5. The van der Waals surface area contributed by atoms with Crippen molar-refractivity contribution >= 4 is 0 Å². The molecule has 1 aromatic heterocycles. The number of nitrogens with two attached hydrogens (primary N) is 1. The second kappa shape index (κ2) is 5.89. The first-order chi connectivity index (χ1) is 10.3. The van der Waals surface area contributed by atoms with E-state index in [1.807, 2.05) is 30.3 Å². The number of aromatic nitrogens is 2. The molecule has 21 heavy (non-hydrogen) atoms. The fourth-order valence-corrected chi connectivity index (χ4v) is 2.38. The molecule has 2 aromatic carbocycles. The van der Waals surface area contributed by atoms with Crippen LogP contribution in [0.2, 0.25) is 0 Å². The Morgan fingerprint density at radius 1 is 1.05 bits per heavy atom. The largest absolute Gasteiger partial charge is 0.341 e. The van der Waals surface area contributed by atoms with Gasteiger partial charge in [0.05, 0.1) is 17.8 Å². The third kappa shape index (κ3) is 2.85. The lowest BCUT2D eigenvalue weighted by Gasteiger charge is -2.12. The molecule has 0 saturated heterocycles. The second-order valence-corrected chi connectivity index (χ2v) is 4.89. The maximum absolute atomic E-state index is 13.0. The number of nitrogens with zero attached hydrogens (tertiary/aromatic N) is 1. The van der Waals surface area contributed by atoms with Gasteiger partial charge < -0.3 is 10.7 Å². The van der Waals surface area contributed by atoms with E-state index in [-0.39, 0.29) is 11.7 Å². The van der Waals surface area contributed by atoms with E-state index in [0.29, 0.717) is 6.54 Å². The Morgan fingerprint density at radius 3 is 2.43 bits per heavy atom. The highest BCUT2D eigenvalue weighted by Crippen LogP contribution is 2.24. The van der Waals surface area contributed by atoms with E-state index in [2.05, 4.69) is 9.97 Å². The first-order valence-corrected chi connectivity index (χ1v) is 6.84. The van der Waals surface area contributed by atoms with Crippen LogP contribution in [0.5, 0.6) is 0 Å². The highest BCUT2D eigenvalue weighted by atomic mass is 19.1. The number of hydrogen-bond donors (Lipinski definition) is 2. The van der Waals surface area contributed by atoms with Gasteiger partial charge in [-0.15, -0.1) is 0 Å². The number of imidazole rings is 1. The van der Waals surface area contributed by atoms with E-state index < -0.39 is 0 Å². The molecule has 0 radical (unpaired) electrons. The Balaban J connectivity index is 1.92.